The normalized spacial score (nSPS) is 19.1. The number of rotatable bonds is 9. The molecular formula is C14H30O2. The SMILES string of the molecule is CCCCCC(O)C(O)C(C)(CC)CCC. The van der Waals surface area contributed by atoms with E-state index in [0.717, 1.165) is 44.9 Å². The third kappa shape index (κ3) is 4.84. The predicted molar refractivity (Wildman–Crippen MR) is 69.5 cm³/mol. The van der Waals surface area contributed by atoms with E-state index >= 15 is 0 Å². The van der Waals surface area contributed by atoms with E-state index in [0.29, 0.717) is 0 Å². The molecule has 98 valence electrons. The smallest absolute Gasteiger partial charge is 0.0852 e. The molecule has 0 fully saturated rings. The van der Waals surface area contributed by atoms with Gasteiger partial charge in [0.05, 0.1) is 12.2 Å². The second-order valence-corrected chi connectivity index (χ2v) is 5.27. The van der Waals surface area contributed by atoms with Crippen LogP contribution in [0.15, 0.2) is 0 Å². The summed E-state index contributed by atoms with van der Waals surface area (Å²) in [6.45, 7) is 8.46. The van der Waals surface area contributed by atoms with Gasteiger partial charge in [-0.3, -0.25) is 0 Å². The van der Waals surface area contributed by atoms with E-state index < -0.39 is 12.2 Å². The Labute approximate surface area is 101 Å². The van der Waals surface area contributed by atoms with Crippen molar-refractivity contribution >= 4 is 0 Å². The Bertz CT molecular complexity index is 170. The average molecular weight is 230 g/mol. The molecule has 0 aliphatic carbocycles. The van der Waals surface area contributed by atoms with Gasteiger partial charge >= 0.3 is 0 Å². The van der Waals surface area contributed by atoms with Crippen molar-refractivity contribution in [3.8, 4) is 0 Å². The van der Waals surface area contributed by atoms with Crippen molar-refractivity contribution in [2.45, 2.75) is 84.8 Å². The van der Waals surface area contributed by atoms with Crippen LogP contribution in [0.3, 0.4) is 0 Å². The number of aliphatic hydroxyl groups excluding tert-OH is 2. The first-order valence-corrected chi connectivity index (χ1v) is 6.88. The van der Waals surface area contributed by atoms with Gasteiger partial charge in [-0.2, -0.15) is 0 Å². The lowest BCUT2D eigenvalue weighted by atomic mass is 9.75. The first-order valence-electron chi connectivity index (χ1n) is 6.88. The summed E-state index contributed by atoms with van der Waals surface area (Å²) in [5, 5.41) is 20.2. The van der Waals surface area contributed by atoms with Crippen molar-refractivity contribution < 1.29 is 10.2 Å². The summed E-state index contributed by atoms with van der Waals surface area (Å²) in [4.78, 5) is 0. The summed E-state index contributed by atoms with van der Waals surface area (Å²) in [5.74, 6) is 0. The molecule has 0 saturated heterocycles. The van der Waals surface area contributed by atoms with Gasteiger partial charge in [0.1, 0.15) is 0 Å². The molecule has 3 unspecified atom stereocenters. The van der Waals surface area contributed by atoms with Crippen molar-refractivity contribution in [1.29, 1.82) is 0 Å². The van der Waals surface area contributed by atoms with Crippen molar-refractivity contribution in [2.75, 3.05) is 0 Å². The maximum Gasteiger partial charge on any atom is 0.0852 e. The van der Waals surface area contributed by atoms with Gasteiger partial charge in [-0.1, -0.05) is 53.4 Å². The van der Waals surface area contributed by atoms with Gasteiger partial charge in [0.15, 0.2) is 0 Å². The van der Waals surface area contributed by atoms with Gasteiger partial charge in [-0.15, -0.1) is 0 Å². The molecule has 2 N–H and O–H groups in total. The zero-order chi connectivity index (χ0) is 12.6. The van der Waals surface area contributed by atoms with Crippen molar-refractivity contribution in [3.63, 3.8) is 0 Å². The fraction of sp³-hybridized carbons (Fsp3) is 1.00. The third-order valence-corrected chi connectivity index (χ3v) is 3.81. The molecule has 0 aromatic heterocycles. The summed E-state index contributed by atoms with van der Waals surface area (Å²) >= 11 is 0. The predicted octanol–water partition coefficient (Wildman–Crippen LogP) is 3.50. The number of hydrogen-bond donors (Lipinski definition) is 2. The lowest BCUT2D eigenvalue weighted by Crippen LogP contribution is -2.41. The van der Waals surface area contributed by atoms with Gasteiger partial charge < -0.3 is 10.2 Å². The summed E-state index contributed by atoms with van der Waals surface area (Å²) in [5.41, 5.74) is -0.125. The fourth-order valence-electron chi connectivity index (χ4n) is 2.33. The Morgan fingerprint density at radius 3 is 2.06 bits per heavy atom. The molecule has 0 aromatic carbocycles. The van der Waals surface area contributed by atoms with Gasteiger partial charge in [0.2, 0.25) is 0 Å². The maximum absolute atomic E-state index is 10.2. The van der Waals surface area contributed by atoms with E-state index in [1.54, 1.807) is 0 Å². The van der Waals surface area contributed by atoms with Crippen molar-refractivity contribution in [3.05, 3.63) is 0 Å². The number of aliphatic hydroxyl groups is 2. The van der Waals surface area contributed by atoms with Crippen LogP contribution in [0.4, 0.5) is 0 Å². The molecule has 0 heterocycles. The van der Waals surface area contributed by atoms with Crippen LogP contribution in [-0.4, -0.2) is 22.4 Å². The van der Waals surface area contributed by atoms with Gasteiger partial charge in [0.25, 0.3) is 0 Å². The van der Waals surface area contributed by atoms with Crippen LogP contribution in [0, 0.1) is 5.41 Å². The van der Waals surface area contributed by atoms with E-state index in [4.69, 9.17) is 0 Å². The summed E-state index contributed by atoms with van der Waals surface area (Å²) in [6, 6.07) is 0. The Balaban J connectivity index is 4.20. The summed E-state index contributed by atoms with van der Waals surface area (Å²) in [6.07, 6.45) is 5.88. The van der Waals surface area contributed by atoms with Gasteiger partial charge in [0, 0.05) is 0 Å². The minimum Gasteiger partial charge on any atom is -0.390 e. The minimum atomic E-state index is -0.575. The highest BCUT2D eigenvalue weighted by Gasteiger charge is 2.34. The standard InChI is InChI=1S/C14H30O2/c1-5-8-9-10-12(15)13(16)14(4,7-3)11-6-2/h12-13,15-16H,5-11H2,1-4H3. The van der Waals surface area contributed by atoms with Gasteiger partial charge in [-0.25, -0.2) is 0 Å². The fourth-order valence-corrected chi connectivity index (χ4v) is 2.33. The molecular weight excluding hydrogens is 200 g/mol. The molecule has 16 heavy (non-hydrogen) atoms. The number of hydrogen-bond acceptors (Lipinski definition) is 2. The second-order valence-electron chi connectivity index (χ2n) is 5.27. The second kappa shape index (κ2) is 8.08. The molecule has 0 amide bonds. The van der Waals surface area contributed by atoms with Crippen LogP contribution in [0.1, 0.15) is 72.6 Å². The number of unbranched alkanes of at least 4 members (excludes halogenated alkanes) is 2. The molecule has 2 heteroatoms. The quantitative estimate of drug-likeness (QED) is 0.595. The Morgan fingerprint density at radius 2 is 1.62 bits per heavy atom. The van der Waals surface area contributed by atoms with Crippen LogP contribution in [0.5, 0.6) is 0 Å². The highest BCUT2D eigenvalue weighted by molar-refractivity contribution is 4.85. The van der Waals surface area contributed by atoms with Crippen LogP contribution in [-0.2, 0) is 0 Å². The molecule has 0 saturated carbocycles. The Morgan fingerprint density at radius 1 is 1.00 bits per heavy atom. The first-order chi connectivity index (χ1) is 7.51. The highest BCUT2D eigenvalue weighted by atomic mass is 16.3. The molecule has 0 radical (unpaired) electrons. The van der Waals surface area contributed by atoms with Crippen molar-refractivity contribution in [2.24, 2.45) is 5.41 Å². The topological polar surface area (TPSA) is 40.5 Å². The van der Waals surface area contributed by atoms with Crippen molar-refractivity contribution in [1.82, 2.24) is 0 Å². The maximum atomic E-state index is 10.2. The molecule has 3 atom stereocenters. The molecule has 0 aromatic rings. The summed E-state index contributed by atoms with van der Waals surface area (Å²) < 4.78 is 0. The Kier molecular flexibility index (Phi) is 8.04. The lowest BCUT2D eigenvalue weighted by molar-refractivity contribution is -0.0675. The van der Waals surface area contributed by atoms with E-state index in [1.165, 1.54) is 0 Å². The lowest BCUT2D eigenvalue weighted by Gasteiger charge is -2.36. The Hall–Kier alpha value is -0.0800. The third-order valence-electron chi connectivity index (χ3n) is 3.81. The zero-order valence-electron chi connectivity index (χ0n) is 11.5. The average Bonchev–Trinajstić information content (AvgIpc) is 2.28. The largest absolute Gasteiger partial charge is 0.390 e. The zero-order valence-corrected chi connectivity index (χ0v) is 11.5. The molecule has 0 aliphatic heterocycles. The molecule has 0 bridgehead atoms. The monoisotopic (exact) mass is 230 g/mol. The van der Waals surface area contributed by atoms with Gasteiger partial charge in [-0.05, 0) is 24.7 Å². The van der Waals surface area contributed by atoms with Crippen LogP contribution >= 0.6 is 0 Å². The van der Waals surface area contributed by atoms with E-state index in [9.17, 15) is 10.2 Å². The van der Waals surface area contributed by atoms with E-state index in [2.05, 4.69) is 27.7 Å². The highest BCUT2D eigenvalue weighted by Crippen LogP contribution is 2.34. The van der Waals surface area contributed by atoms with Crippen LogP contribution in [0.2, 0.25) is 0 Å². The molecule has 0 rings (SSSR count). The minimum absolute atomic E-state index is 0.125. The summed E-state index contributed by atoms with van der Waals surface area (Å²) in [7, 11) is 0. The molecule has 0 spiro atoms. The van der Waals surface area contributed by atoms with E-state index in [1.807, 2.05) is 0 Å². The molecule has 0 aliphatic rings. The van der Waals surface area contributed by atoms with Crippen LogP contribution in [0.25, 0.3) is 0 Å². The van der Waals surface area contributed by atoms with E-state index in [-0.39, 0.29) is 5.41 Å². The first kappa shape index (κ1) is 15.9. The van der Waals surface area contributed by atoms with Crippen LogP contribution < -0.4 is 0 Å². The molecule has 2 nitrogen and oxygen atoms in total.